The Morgan fingerprint density at radius 2 is 2.07 bits per heavy atom. The van der Waals surface area contributed by atoms with Crippen molar-refractivity contribution in [3.8, 4) is 0 Å². The first-order valence-corrected chi connectivity index (χ1v) is 10.3. The lowest BCUT2D eigenvalue weighted by Gasteiger charge is -2.47. The molecular formula is C23H27FN4O2. The Hall–Kier alpha value is -2.83. The van der Waals surface area contributed by atoms with Crippen molar-refractivity contribution < 1.29 is 14.0 Å². The highest BCUT2D eigenvalue weighted by atomic mass is 19.1. The maximum absolute atomic E-state index is 15.4. The van der Waals surface area contributed by atoms with Gasteiger partial charge in [0.1, 0.15) is 5.82 Å². The van der Waals surface area contributed by atoms with E-state index in [1.54, 1.807) is 25.4 Å². The van der Waals surface area contributed by atoms with Gasteiger partial charge in [0.15, 0.2) is 11.9 Å². The van der Waals surface area contributed by atoms with Gasteiger partial charge in [-0.1, -0.05) is 20.8 Å². The van der Waals surface area contributed by atoms with E-state index in [-0.39, 0.29) is 17.1 Å². The van der Waals surface area contributed by atoms with Crippen LogP contribution in [0.4, 0.5) is 10.1 Å². The van der Waals surface area contributed by atoms with Crippen LogP contribution in [-0.4, -0.2) is 24.9 Å². The van der Waals surface area contributed by atoms with Gasteiger partial charge < -0.3 is 10.2 Å². The summed E-state index contributed by atoms with van der Waals surface area (Å²) in [5, 5.41) is 11.8. The molecule has 6 nitrogen and oxygen atoms in total. The van der Waals surface area contributed by atoms with Gasteiger partial charge in [-0.3, -0.25) is 9.59 Å². The Kier molecular flexibility index (Phi) is 4.67. The summed E-state index contributed by atoms with van der Waals surface area (Å²) in [7, 11) is 1.65. The van der Waals surface area contributed by atoms with E-state index in [1.165, 1.54) is 17.9 Å². The highest BCUT2D eigenvalue weighted by Crippen LogP contribution is 2.54. The number of nitrogens with zero attached hydrogens (tertiary/aromatic N) is 3. The minimum atomic E-state index is -0.972. The molecule has 0 saturated heterocycles. The molecule has 3 aliphatic rings. The zero-order valence-corrected chi connectivity index (χ0v) is 18.0. The first-order valence-electron chi connectivity index (χ1n) is 10.3. The Labute approximate surface area is 175 Å². The summed E-state index contributed by atoms with van der Waals surface area (Å²) in [4.78, 5) is 26.8. The van der Waals surface area contributed by atoms with Crippen LogP contribution in [0.5, 0.6) is 0 Å². The topological polar surface area (TPSA) is 74.1 Å². The Morgan fingerprint density at radius 3 is 2.73 bits per heavy atom. The third-order valence-electron chi connectivity index (χ3n) is 6.58. The summed E-state index contributed by atoms with van der Waals surface area (Å²) in [6, 6.07) is 4.65. The third-order valence-corrected chi connectivity index (χ3v) is 6.58. The number of hydrogen-bond acceptors (Lipinski definition) is 5. The number of rotatable bonds is 3. The van der Waals surface area contributed by atoms with Crippen LogP contribution in [0, 0.1) is 11.2 Å². The van der Waals surface area contributed by atoms with Gasteiger partial charge in [-0.25, -0.2) is 4.39 Å². The molecule has 0 spiro atoms. The average molecular weight is 410 g/mol. The second kappa shape index (κ2) is 6.86. The number of ketones is 1. The molecule has 2 atom stereocenters. The van der Waals surface area contributed by atoms with Crippen LogP contribution in [0.2, 0.25) is 0 Å². The molecule has 30 heavy (non-hydrogen) atoms. The Balaban J connectivity index is 2.00. The maximum Gasteiger partial charge on any atom is 0.223 e. The average Bonchev–Trinajstić information content (AvgIpc) is 3.14. The van der Waals surface area contributed by atoms with Crippen molar-refractivity contribution in [2.75, 3.05) is 11.9 Å². The zero-order valence-electron chi connectivity index (χ0n) is 18.0. The number of anilines is 1. The van der Waals surface area contributed by atoms with Crippen molar-refractivity contribution >= 4 is 17.4 Å². The quantitative estimate of drug-likeness (QED) is 0.804. The van der Waals surface area contributed by atoms with Crippen molar-refractivity contribution in [1.82, 2.24) is 5.32 Å². The van der Waals surface area contributed by atoms with Crippen LogP contribution in [0.25, 0.3) is 0 Å². The summed E-state index contributed by atoms with van der Waals surface area (Å²) in [6.07, 6.45) is 2.80. The summed E-state index contributed by atoms with van der Waals surface area (Å²) >= 11 is 0. The normalized spacial score (nSPS) is 26.7. The van der Waals surface area contributed by atoms with Crippen LogP contribution in [0.1, 0.15) is 52.5 Å². The van der Waals surface area contributed by atoms with Crippen LogP contribution >= 0.6 is 0 Å². The minimum Gasteiger partial charge on any atom is -0.362 e. The van der Waals surface area contributed by atoms with Crippen molar-refractivity contribution in [1.29, 1.82) is 0 Å². The molecule has 7 heteroatoms. The molecule has 1 amide bonds. The predicted molar refractivity (Wildman–Crippen MR) is 112 cm³/mol. The summed E-state index contributed by atoms with van der Waals surface area (Å²) in [6.45, 7) is 7.55. The van der Waals surface area contributed by atoms with Gasteiger partial charge in [0, 0.05) is 48.5 Å². The lowest BCUT2D eigenvalue weighted by Crippen LogP contribution is -2.51. The second-order valence-electron chi connectivity index (χ2n) is 9.16. The number of carbonyl (C=O) groups excluding carboxylic acids is 2. The summed E-state index contributed by atoms with van der Waals surface area (Å²) < 4.78 is 15.4. The molecular weight excluding hydrogens is 383 g/mol. The number of allylic oxidation sites excluding steroid dienone is 2. The monoisotopic (exact) mass is 410 g/mol. The second-order valence-corrected chi connectivity index (χ2v) is 9.16. The number of azo groups is 1. The molecule has 4 rings (SSSR count). The molecule has 1 aromatic carbocycles. The molecule has 158 valence electrons. The lowest BCUT2D eigenvalue weighted by atomic mass is 9.58. The number of carbonyl (C=O) groups is 2. The van der Waals surface area contributed by atoms with Gasteiger partial charge >= 0.3 is 0 Å². The highest BCUT2D eigenvalue weighted by Gasteiger charge is 2.54. The van der Waals surface area contributed by atoms with E-state index in [2.05, 4.69) is 29.4 Å². The largest absolute Gasteiger partial charge is 0.362 e. The first kappa shape index (κ1) is 20.4. The molecule has 0 saturated carbocycles. The number of halogens is 1. The molecule has 1 aromatic rings. The fourth-order valence-corrected chi connectivity index (χ4v) is 5.09. The fourth-order valence-electron chi connectivity index (χ4n) is 5.09. The number of Topliss-reactive ketones (excluding diaryl/α,β-unsaturated/α-hetero) is 1. The van der Waals surface area contributed by atoms with Gasteiger partial charge in [0.05, 0.1) is 11.6 Å². The number of fused-ring (bicyclic) bond motifs is 1. The van der Waals surface area contributed by atoms with Gasteiger partial charge in [-0.2, -0.15) is 10.2 Å². The summed E-state index contributed by atoms with van der Waals surface area (Å²) in [5.74, 6) is -0.538. The van der Waals surface area contributed by atoms with E-state index in [0.717, 1.165) is 11.3 Å². The number of nitrogens with one attached hydrogen (secondary N) is 1. The third kappa shape index (κ3) is 2.90. The van der Waals surface area contributed by atoms with E-state index in [1.807, 2.05) is 6.92 Å². The predicted octanol–water partition coefficient (Wildman–Crippen LogP) is 4.38. The maximum atomic E-state index is 15.4. The number of benzene rings is 1. The number of hydrogen-bond donors (Lipinski definition) is 1. The standard InChI is InChI=1S/C23H27FN4O2/c1-6-23(15-9-14(7-8-17(15)24)28(5)13(2)29)16-12-25-27-21(16)26-18-10-22(3,4)11-19(30)20(18)23/h7-9,12,21,26H,6,10-11H2,1-5H3. The van der Waals surface area contributed by atoms with E-state index in [4.69, 9.17) is 0 Å². The van der Waals surface area contributed by atoms with E-state index in [9.17, 15) is 9.59 Å². The van der Waals surface area contributed by atoms with Gasteiger partial charge in [0.2, 0.25) is 5.91 Å². The minimum absolute atomic E-state index is 0.0200. The van der Waals surface area contributed by atoms with Gasteiger partial charge in [0.25, 0.3) is 0 Å². The molecule has 1 N–H and O–H groups in total. The highest BCUT2D eigenvalue weighted by molar-refractivity contribution is 6.01. The molecule has 2 heterocycles. The molecule has 2 aliphatic heterocycles. The van der Waals surface area contributed by atoms with Crippen molar-refractivity contribution in [3.63, 3.8) is 0 Å². The fraction of sp³-hybridized carbons (Fsp3) is 0.478. The SMILES string of the molecule is CCC1(c2cc(N(C)C(C)=O)ccc2F)C2=CN=NC2NC2=C1C(=O)CC(C)(C)C2. The van der Waals surface area contributed by atoms with Crippen molar-refractivity contribution in [3.05, 3.63) is 52.6 Å². The van der Waals surface area contributed by atoms with Gasteiger partial charge in [-0.15, -0.1) is 0 Å². The van der Waals surface area contributed by atoms with E-state index >= 15 is 4.39 Å². The summed E-state index contributed by atoms with van der Waals surface area (Å²) in [5.41, 5.74) is 2.03. The Bertz CT molecular complexity index is 1040. The molecule has 0 radical (unpaired) electrons. The molecule has 0 aromatic heterocycles. The van der Waals surface area contributed by atoms with E-state index in [0.29, 0.717) is 36.1 Å². The Morgan fingerprint density at radius 1 is 1.33 bits per heavy atom. The molecule has 2 unspecified atom stereocenters. The van der Waals surface area contributed by atoms with Crippen LogP contribution in [0.15, 0.2) is 51.5 Å². The van der Waals surface area contributed by atoms with Crippen LogP contribution < -0.4 is 10.2 Å². The van der Waals surface area contributed by atoms with Crippen molar-refractivity contribution in [2.45, 2.75) is 58.5 Å². The van der Waals surface area contributed by atoms with E-state index < -0.39 is 17.4 Å². The molecule has 1 aliphatic carbocycles. The van der Waals surface area contributed by atoms with Gasteiger partial charge in [-0.05, 0) is 36.5 Å². The number of amides is 1. The first-order chi connectivity index (χ1) is 14.1. The smallest absolute Gasteiger partial charge is 0.223 e. The molecule has 0 fully saturated rings. The van der Waals surface area contributed by atoms with Crippen LogP contribution in [-0.2, 0) is 15.0 Å². The lowest BCUT2D eigenvalue weighted by molar-refractivity contribution is -0.119. The zero-order chi connectivity index (χ0) is 21.8. The van der Waals surface area contributed by atoms with Crippen molar-refractivity contribution in [2.24, 2.45) is 15.6 Å². The van der Waals surface area contributed by atoms with Crippen LogP contribution in [0.3, 0.4) is 0 Å². The molecule has 0 bridgehead atoms.